The highest BCUT2D eigenvalue weighted by molar-refractivity contribution is 7.89. The minimum Gasteiger partial charge on any atom is -0.480 e. The van der Waals surface area contributed by atoms with Crippen LogP contribution < -0.4 is 4.72 Å². The number of aliphatic carboxylic acids is 1. The highest BCUT2D eigenvalue weighted by atomic mass is 32.2. The number of nitrogens with one attached hydrogen (secondary N) is 1. The molecule has 9 heteroatoms. The molecule has 1 atom stereocenters. The number of benzene rings is 1. The first-order valence-corrected chi connectivity index (χ1v) is 6.94. The molecule has 1 rings (SSSR count). The summed E-state index contributed by atoms with van der Waals surface area (Å²) < 4.78 is 64.2. The van der Waals surface area contributed by atoms with Crippen LogP contribution in [-0.2, 0) is 14.8 Å². The van der Waals surface area contributed by atoms with E-state index in [2.05, 4.69) is 0 Å². The molecule has 5 nitrogen and oxygen atoms in total. The molecule has 0 radical (unpaired) electrons. The van der Waals surface area contributed by atoms with Gasteiger partial charge in [0.15, 0.2) is 17.5 Å². The van der Waals surface area contributed by atoms with Gasteiger partial charge in [-0.05, 0) is 18.1 Å². The van der Waals surface area contributed by atoms with Crippen molar-refractivity contribution >= 4 is 16.0 Å². The largest absolute Gasteiger partial charge is 0.480 e. The Kier molecular flexibility index (Phi) is 4.77. The smallest absolute Gasteiger partial charge is 0.322 e. The molecular weight excluding hydrogens is 299 g/mol. The van der Waals surface area contributed by atoms with E-state index in [-0.39, 0.29) is 12.1 Å². The van der Waals surface area contributed by atoms with E-state index >= 15 is 0 Å². The van der Waals surface area contributed by atoms with Gasteiger partial charge in [0.05, 0.1) is 4.90 Å². The third-order valence-corrected chi connectivity index (χ3v) is 3.90. The third-order valence-electron chi connectivity index (χ3n) is 2.48. The molecule has 20 heavy (non-hydrogen) atoms. The first kappa shape index (κ1) is 16.4. The summed E-state index contributed by atoms with van der Waals surface area (Å²) in [6.07, 6.45) is 0. The quantitative estimate of drug-likeness (QED) is 0.807. The normalized spacial score (nSPS) is 13.5. The van der Waals surface area contributed by atoms with Crippen LogP contribution in [0.25, 0.3) is 0 Å². The fourth-order valence-corrected chi connectivity index (χ4v) is 2.75. The van der Waals surface area contributed by atoms with E-state index in [4.69, 9.17) is 5.11 Å². The van der Waals surface area contributed by atoms with Crippen molar-refractivity contribution in [2.45, 2.75) is 24.8 Å². The van der Waals surface area contributed by atoms with Crippen molar-refractivity contribution in [1.82, 2.24) is 4.72 Å². The molecule has 1 aromatic rings. The lowest BCUT2D eigenvalue weighted by Gasteiger charge is -2.18. The van der Waals surface area contributed by atoms with Gasteiger partial charge in [-0.2, -0.15) is 4.72 Å². The molecule has 0 aliphatic heterocycles. The third kappa shape index (κ3) is 3.48. The van der Waals surface area contributed by atoms with Crippen LogP contribution in [-0.4, -0.2) is 25.5 Å². The van der Waals surface area contributed by atoms with E-state index in [1.807, 2.05) is 0 Å². The Morgan fingerprint density at radius 2 is 1.65 bits per heavy atom. The van der Waals surface area contributed by atoms with E-state index in [9.17, 15) is 26.4 Å². The van der Waals surface area contributed by atoms with E-state index in [0.29, 0.717) is 0 Å². The molecule has 0 spiro atoms. The van der Waals surface area contributed by atoms with Gasteiger partial charge in [0.1, 0.15) is 6.04 Å². The average Bonchev–Trinajstić information content (AvgIpc) is 2.31. The van der Waals surface area contributed by atoms with Crippen molar-refractivity contribution in [3.8, 4) is 0 Å². The zero-order valence-corrected chi connectivity index (χ0v) is 11.3. The van der Waals surface area contributed by atoms with Gasteiger partial charge in [0, 0.05) is 0 Å². The van der Waals surface area contributed by atoms with Crippen LogP contribution in [0.15, 0.2) is 17.0 Å². The molecule has 1 aromatic carbocycles. The summed E-state index contributed by atoms with van der Waals surface area (Å²) >= 11 is 0. The zero-order chi connectivity index (χ0) is 15.7. The second-order valence-electron chi connectivity index (χ2n) is 4.38. The predicted molar refractivity (Wildman–Crippen MR) is 62.9 cm³/mol. The lowest BCUT2D eigenvalue weighted by atomic mass is 10.1. The molecule has 0 amide bonds. The fourth-order valence-electron chi connectivity index (χ4n) is 1.39. The number of carboxylic acid groups (broad SMARTS) is 1. The summed E-state index contributed by atoms with van der Waals surface area (Å²) in [6.45, 7) is 2.90. The average molecular weight is 311 g/mol. The number of sulfonamides is 1. The molecule has 0 aliphatic rings. The van der Waals surface area contributed by atoms with Gasteiger partial charge in [-0.25, -0.2) is 21.6 Å². The summed E-state index contributed by atoms with van der Waals surface area (Å²) in [6, 6.07) is -0.920. The summed E-state index contributed by atoms with van der Waals surface area (Å²) in [7, 11) is -4.49. The molecule has 0 saturated heterocycles. The van der Waals surface area contributed by atoms with Crippen molar-refractivity contribution in [3.63, 3.8) is 0 Å². The number of hydrogen-bond donors (Lipinski definition) is 2. The lowest BCUT2D eigenvalue weighted by molar-refractivity contribution is -0.140. The summed E-state index contributed by atoms with van der Waals surface area (Å²) in [4.78, 5) is 10.0. The maximum absolute atomic E-state index is 13.0. The monoisotopic (exact) mass is 311 g/mol. The summed E-state index contributed by atoms with van der Waals surface area (Å²) in [5.74, 6) is -7.20. The number of halogens is 3. The van der Waals surface area contributed by atoms with Crippen molar-refractivity contribution in [1.29, 1.82) is 0 Å². The van der Waals surface area contributed by atoms with Gasteiger partial charge < -0.3 is 5.11 Å². The van der Waals surface area contributed by atoms with Crippen LogP contribution in [0.5, 0.6) is 0 Å². The Morgan fingerprint density at radius 1 is 1.20 bits per heavy atom. The minimum atomic E-state index is -4.49. The van der Waals surface area contributed by atoms with Crippen molar-refractivity contribution < 1.29 is 31.5 Å². The van der Waals surface area contributed by atoms with Crippen LogP contribution in [0, 0.1) is 23.4 Å². The minimum absolute atomic E-state index is 0.278. The maximum Gasteiger partial charge on any atom is 0.322 e. The highest BCUT2D eigenvalue weighted by Crippen LogP contribution is 2.18. The van der Waals surface area contributed by atoms with Crippen LogP contribution >= 0.6 is 0 Å². The molecular formula is C11H12F3NO4S. The van der Waals surface area contributed by atoms with Crippen LogP contribution in [0.4, 0.5) is 13.2 Å². The molecule has 0 heterocycles. The molecule has 0 aromatic heterocycles. The molecule has 2 N–H and O–H groups in total. The van der Waals surface area contributed by atoms with Gasteiger partial charge in [0.25, 0.3) is 0 Å². The van der Waals surface area contributed by atoms with Gasteiger partial charge >= 0.3 is 5.97 Å². The first-order valence-electron chi connectivity index (χ1n) is 5.46. The fraction of sp³-hybridized carbons (Fsp3) is 0.364. The lowest BCUT2D eigenvalue weighted by Crippen LogP contribution is -2.44. The van der Waals surface area contributed by atoms with Crippen LogP contribution in [0.3, 0.4) is 0 Å². The standard InChI is InChI=1S/C11H12F3NO4S/c1-5(2)10(11(16)17)15-20(18,19)6-3-7(12)9(14)8(13)4-6/h3-5,10,15H,1-2H3,(H,16,17). The molecule has 0 saturated carbocycles. The zero-order valence-electron chi connectivity index (χ0n) is 10.5. The Labute approximate surface area is 113 Å². The van der Waals surface area contributed by atoms with Gasteiger partial charge in [-0.1, -0.05) is 13.8 Å². The maximum atomic E-state index is 13.0. The van der Waals surface area contributed by atoms with E-state index < -0.39 is 50.3 Å². The van der Waals surface area contributed by atoms with E-state index in [1.165, 1.54) is 13.8 Å². The molecule has 112 valence electrons. The highest BCUT2D eigenvalue weighted by Gasteiger charge is 2.29. The number of rotatable bonds is 5. The van der Waals surface area contributed by atoms with Crippen molar-refractivity contribution in [2.24, 2.45) is 5.92 Å². The predicted octanol–water partition coefficient (Wildman–Crippen LogP) is 1.49. The summed E-state index contributed by atoms with van der Waals surface area (Å²) in [5, 5.41) is 8.87. The summed E-state index contributed by atoms with van der Waals surface area (Å²) in [5.41, 5.74) is 0. The number of carboxylic acids is 1. The first-order chi connectivity index (χ1) is 9.06. The Hall–Kier alpha value is -1.61. The van der Waals surface area contributed by atoms with E-state index in [1.54, 1.807) is 4.72 Å². The van der Waals surface area contributed by atoms with E-state index in [0.717, 1.165) is 0 Å². The van der Waals surface area contributed by atoms with Gasteiger partial charge in [-0.3, -0.25) is 4.79 Å². The Bertz CT molecular complexity index is 608. The van der Waals surface area contributed by atoms with Crippen molar-refractivity contribution in [2.75, 3.05) is 0 Å². The molecule has 0 bridgehead atoms. The second-order valence-corrected chi connectivity index (χ2v) is 6.10. The van der Waals surface area contributed by atoms with Gasteiger partial charge in [-0.15, -0.1) is 0 Å². The molecule has 0 fully saturated rings. The molecule has 1 unspecified atom stereocenters. The molecule has 0 aliphatic carbocycles. The number of hydrogen-bond acceptors (Lipinski definition) is 3. The SMILES string of the molecule is CC(C)C(NS(=O)(=O)c1cc(F)c(F)c(F)c1)C(=O)O. The Balaban J connectivity index is 3.21. The van der Waals surface area contributed by atoms with Crippen LogP contribution in [0.2, 0.25) is 0 Å². The Morgan fingerprint density at radius 3 is 2.00 bits per heavy atom. The topological polar surface area (TPSA) is 83.5 Å². The van der Waals surface area contributed by atoms with Gasteiger partial charge in [0.2, 0.25) is 10.0 Å². The second kappa shape index (κ2) is 5.80. The number of carbonyl (C=O) groups is 1. The van der Waals surface area contributed by atoms with Crippen LogP contribution in [0.1, 0.15) is 13.8 Å². The van der Waals surface area contributed by atoms with Crippen molar-refractivity contribution in [3.05, 3.63) is 29.6 Å².